The van der Waals surface area contributed by atoms with Crippen molar-refractivity contribution in [3.05, 3.63) is 45.0 Å². The van der Waals surface area contributed by atoms with Crippen LogP contribution in [0, 0.1) is 5.82 Å². The molecule has 0 bridgehead atoms. The van der Waals surface area contributed by atoms with Gasteiger partial charge in [0.15, 0.2) is 5.43 Å². The van der Waals surface area contributed by atoms with Crippen LogP contribution in [-0.2, 0) is 6.42 Å². The number of rotatable bonds is 1. The third-order valence-corrected chi connectivity index (χ3v) is 2.60. The van der Waals surface area contributed by atoms with Crippen molar-refractivity contribution in [1.82, 2.24) is 4.98 Å². The number of aromatic amines is 1. The van der Waals surface area contributed by atoms with Gasteiger partial charge in [0.1, 0.15) is 5.82 Å². The van der Waals surface area contributed by atoms with E-state index in [-0.39, 0.29) is 10.5 Å². The van der Waals surface area contributed by atoms with Crippen molar-refractivity contribution in [1.29, 1.82) is 0 Å². The van der Waals surface area contributed by atoms with Crippen molar-refractivity contribution in [2.75, 3.05) is 0 Å². The molecule has 78 valence electrons. The monoisotopic (exact) mass is 225 g/mol. The first-order valence-corrected chi connectivity index (χ1v) is 5.00. The van der Waals surface area contributed by atoms with Crippen LogP contribution < -0.4 is 5.43 Å². The topological polar surface area (TPSA) is 32.9 Å². The molecular weight excluding hydrogens is 217 g/mol. The number of aromatic nitrogens is 1. The molecule has 0 spiro atoms. The summed E-state index contributed by atoms with van der Waals surface area (Å²) in [5.74, 6) is -0.520. The van der Waals surface area contributed by atoms with E-state index in [0.717, 1.165) is 5.69 Å². The Morgan fingerprint density at radius 3 is 2.80 bits per heavy atom. The minimum Gasteiger partial charge on any atom is -0.358 e. The van der Waals surface area contributed by atoms with Gasteiger partial charge in [0.05, 0.1) is 10.5 Å². The van der Waals surface area contributed by atoms with E-state index in [1.807, 2.05) is 6.92 Å². The fraction of sp³-hybridized carbons (Fsp3) is 0.182. The van der Waals surface area contributed by atoms with Crippen LogP contribution in [-0.4, -0.2) is 4.98 Å². The van der Waals surface area contributed by atoms with Gasteiger partial charge >= 0.3 is 0 Å². The first kappa shape index (κ1) is 10.2. The van der Waals surface area contributed by atoms with Gasteiger partial charge in [-0.15, -0.1) is 0 Å². The van der Waals surface area contributed by atoms with Crippen LogP contribution in [0.5, 0.6) is 0 Å². The molecule has 4 heteroatoms. The van der Waals surface area contributed by atoms with Crippen LogP contribution in [0.3, 0.4) is 0 Å². The SMILES string of the molecule is CCc1cc(=O)c2cc(Cl)c(F)cc2[nH]1. The third-order valence-electron chi connectivity index (χ3n) is 2.31. The summed E-state index contributed by atoms with van der Waals surface area (Å²) in [7, 11) is 0. The average Bonchev–Trinajstić information content (AvgIpc) is 2.21. The highest BCUT2D eigenvalue weighted by molar-refractivity contribution is 6.31. The van der Waals surface area contributed by atoms with Crippen molar-refractivity contribution in [2.24, 2.45) is 0 Å². The van der Waals surface area contributed by atoms with Gasteiger partial charge in [-0.05, 0) is 18.6 Å². The van der Waals surface area contributed by atoms with Crippen molar-refractivity contribution < 1.29 is 4.39 Å². The second-order valence-corrected chi connectivity index (χ2v) is 3.73. The number of hydrogen-bond donors (Lipinski definition) is 1. The van der Waals surface area contributed by atoms with Crippen molar-refractivity contribution in [3.63, 3.8) is 0 Å². The maximum Gasteiger partial charge on any atom is 0.189 e. The lowest BCUT2D eigenvalue weighted by Gasteiger charge is -2.02. The van der Waals surface area contributed by atoms with Gasteiger partial charge in [-0.2, -0.15) is 0 Å². The Morgan fingerprint density at radius 1 is 1.40 bits per heavy atom. The predicted molar refractivity (Wildman–Crippen MR) is 58.9 cm³/mol. The largest absolute Gasteiger partial charge is 0.358 e. The maximum atomic E-state index is 13.2. The van der Waals surface area contributed by atoms with E-state index in [1.54, 1.807) is 0 Å². The number of aryl methyl sites for hydroxylation is 1. The highest BCUT2D eigenvalue weighted by Gasteiger charge is 2.06. The molecule has 0 fully saturated rings. The van der Waals surface area contributed by atoms with Gasteiger partial charge in [0.2, 0.25) is 0 Å². The summed E-state index contributed by atoms with van der Waals surface area (Å²) in [6.45, 7) is 1.92. The molecule has 2 rings (SSSR count). The molecule has 1 aromatic carbocycles. The molecule has 0 radical (unpaired) electrons. The van der Waals surface area contributed by atoms with Gasteiger partial charge in [-0.25, -0.2) is 4.39 Å². The van der Waals surface area contributed by atoms with Crippen LogP contribution in [0.1, 0.15) is 12.6 Å². The fourth-order valence-corrected chi connectivity index (χ4v) is 1.65. The van der Waals surface area contributed by atoms with Crippen LogP contribution in [0.25, 0.3) is 10.9 Å². The minimum absolute atomic E-state index is 0.0303. The Hall–Kier alpha value is -1.35. The molecule has 0 saturated heterocycles. The molecule has 0 saturated carbocycles. The number of pyridine rings is 1. The Kier molecular flexibility index (Phi) is 2.49. The molecule has 0 amide bonds. The van der Waals surface area contributed by atoms with Crippen molar-refractivity contribution >= 4 is 22.5 Å². The van der Waals surface area contributed by atoms with E-state index < -0.39 is 5.82 Å². The van der Waals surface area contributed by atoms with Crippen LogP contribution in [0.15, 0.2) is 23.0 Å². The molecule has 1 heterocycles. The summed E-state index contributed by atoms with van der Waals surface area (Å²) in [6, 6.07) is 4.11. The lowest BCUT2D eigenvalue weighted by atomic mass is 10.1. The van der Waals surface area contributed by atoms with Crippen LogP contribution >= 0.6 is 11.6 Å². The molecule has 2 aromatic rings. The molecule has 2 nitrogen and oxygen atoms in total. The van der Waals surface area contributed by atoms with Gasteiger partial charge < -0.3 is 4.98 Å². The quantitative estimate of drug-likeness (QED) is 0.795. The second-order valence-electron chi connectivity index (χ2n) is 3.32. The summed E-state index contributed by atoms with van der Waals surface area (Å²) >= 11 is 5.61. The molecule has 0 aliphatic heterocycles. The smallest absolute Gasteiger partial charge is 0.189 e. The molecular formula is C11H9ClFNO. The fourth-order valence-electron chi connectivity index (χ4n) is 1.49. The number of nitrogens with one attached hydrogen (secondary N) is 1. The van der Waals surface area contributed by atoms with E-state index in [2.05, 4.69) is 4.98 Å². The van der Waals surface area contributed by atoms with E-state index in [0.29, 0.717) is 17.3 Å². The zero-order valence-electron chi connectivity index (χ0n) is 8.10. The van der Waals surface area contributed by atoms with E-state index in [9.17, 15) is 9.18 Å². The van der Waals surface area contributed by atoms with Gasteiger partial charge in [0.25, 0.3) is 0 Å². The van der Waals surface area contributed by atoms with Gasteiger partial charge in [0, 0.05) is 17.1 Å². The number of halogens is 2. The number of H-pyrrole nitrogens is 1. The van der Waals surface area contributed by atoms with Crippen molar-refractivity contribution in [2.45, 2.75) is 13.3 Å². The first-order chi connectivity index (χ1) is 7.11. The summed E-state index contributed by atoms with van der Waals surface area (Å²) < 4.78 is 13.2. The molecule has 1 aromatic heterocycles. The number of hydrogen-bond acceptors (Lipinski definition) is 1. The zero-order chi connectivity index (χ0) is 11.0. The number of fused-ring (bicyclic) bond motifs is 1. The van der Waals surface area contributed by atoms with Gasteiger partial charge in [-0.3, -0.25) is 4.79 Å². The molecule has 1 N–H and O–H groups in total. The Balaban J connectivity index is 2.86. The summed E-state index contributed by atoms with van der Waals surface area (Å²) in [5, 5.41) is 0.385. The Labute approximate surface area is 90.7 Å². The maximum absolute atomic E-state index is 13.2. The van der Waals surface area contributed by atoms with Gasteiger partial charge in [-0.1, -0.05) is 18.5 Å². The highest BCUT2D eigenvalue weighted by atomic mass is 35.5. The Bertz CT molecular complexity index is 577. The Morgan fingerprint density at radius 2 is 2.13 bits per heavy atom. The van der Waals surface area contributed by atoms with Crippen molar-refractivity contribution in [3.8, 4) is 0 Å². The molecule has 0 aliphatic rings. The lowest BCUT2D eigenvalue weighted by Crippen LogP contribution is -2.05. The second kappa shape index (κ2) is 3.66. The molecule has 0 aliphatic carbocycles. The predicted octanol–water partition coefficient (Wildman–Crippen LogP) is 2.88. The molecule has 0 atom stereocenters. The van der Waals surface area contributed by atoms with E-state index in [1.165, 1.54) is 18.2 Å². The van der Waals surface area contributed by atoms with Crippen LogP contribution in [0.4, 0.5) is 4.39 Å². The number of benzene rings is 1. The normalized spacial score (nSPS) is 10.9. The average molecular weight is 226 g/mol. The minimum atomic E-state index is -0.520. The molecule has 0 unspecified atom stereocenters. The summed E-state index contributed by atoms with van der Waals surface area (Å²) in [4.78, 5) is 14.6. The van der Waals surface area contributed by atoms with E-state index >= 15 is 0 Å². The summed E-state index contributed by atoms with van der Waals surface area (Å²) in [5.41, 5.74) is 1.14. The van der Waals surface area contributed by atoms with E-state index in [4.69, 9.17) is 11.6 Å². The zero-order valence-corrected chi connectivity index (χ0v) is 8.86. The first-order valence-electron chi connectivity index (χ1n) is 4.62. The summed E-state index contributed by atoms with van der Waals surface area (Å²) in [6.07, 6.45) is 0.704. The highest BCUT2D eigenvalue weighted by Crippen LogP contribution is 2.19. The van der Waals surface area contributed by atoms with Crippen LogP contribution in [0.2, 0.25) is 5.02 Å². The standard InChI is InChI=1S/C11H9ClFNO/c1-2-6-3-11(15)7-4-8(12)9(13)5-10(7)14-6/h3-5H,2H2,1H3,(H,14,15). The third kappa shape index (κ3) is 1.75. The lowest BCUT2D eigenvalue weighted by molar-refractivity contribution is 0.629. The molecule has 15 heavy (non-hydrogen) atoms.